The molecule has 0 aliphatic rings. The van der Waals surface area contributed by atoms with Crippen molar-refractivity contribution in [2.24, 2.45) is 10.9 Å². The summed E-state index contributed by atoms with van der Waals surface area (Å²) >= 11 is 1.71. The first kappa shape index (κ1) is 22.2. The largest absolute Gasteiger partial charge is 0.357 e. The molecule has 1 aromatic heterocycles. The van der Waals surface area contributed by atoms with Crippen LogP contribution in [-0.2, 0) is 4.79 Å². The van der Waals surface area contributed by atoms with Gasteiger partial charge in [-0.3, -0.25) is 9.79 Å². The van der Waals surface area contributed by atoms with Crippen LogP contribution in [0.25, 0.3) is 0 Å². The maximum atomic E-state index is 11.5. The highest BCUT2D eigenvalue weighted by Crippen LogP contribution is 2.18. The molecule has 5 nitrogen and oxygen atoms in total. The highest BCUT2D eigenvalue weighted by Gasteiger charge is 2.07. The minimum atomic E-state index is 0. The molecule has 0 saturated heterocycles. The van der Waals surface area contributed by atoms with Crippen LogP contribution in [0.3, 0.4) is 0 Å². The Kier molecular flexibility index (Phi) is 12.1. The van der Waals surface area contributed by atoms with Crippen molar-refractivity contribution in [3.63, 3.8) is 0 Å². The van der Waals surface area contributed by atoms with Gasteiger partial charge in [0, 0.05) is 38.0 Å². The average Bonchev–Trinajstić information content (AvgIpc) is 3.02. The zero-order valence-corrected chi connectivity index (χ0v) is 17.5. The number of amides is 1. The molecule has 1 heterocycles. The Morgan fingerprint density at radius 3 is 2.48 bits per heavy atom. The van der Waals surface area contributed by atoms with Crippen molar-refractivity contribution in [1.29, 1.82) is 0 Å². The van der Waals surface area contributed by atoms with Crippen LogP contribution in [0, 0.1) is 5.92 Å². The molecular formula is C16H29IN4OS. The number of carbonyl (C=O) groups is 1. The molecule has 1 amide bonds. The van der Waals surface area contributed by atoms with Crippen LogP contribution < -0.4 is 16.0 Å². The number of thiophene rings is 1. The minimum Gasteiger partial charge on any atom is -0.357 e. The Bertz CT molecular complexity index is 463. The predicted molar refractivity (Wildman–Crippen MR) is 110 cm³/mol. The predicted octanol–water partition coefficient (Wildman–Crippen LogP) is 2.80. The van der Waals surface area contributed by atoms with Crippen molar-refractivity contribution < 1.29 is 4.79 Å². The maximum Gasteiger partial charge on any atom is 0.222 e. The van der Waals surface area contributed by atoms with E-state index in [4.69, 9.17) is 0 Å². The van der Waals surface area contributed by atoms with Crippen molar-refractivity contribution >= 4 is 47.2 Å². The molecule has 7 heteroatoms. The van der Waals surface area contributed by atoms with Crippen molar-refractivity contribution in [1.82, 2.24) is 16.0 Å². The second-order valence-corrected chi connectivity index (χ2v) is 6.33. The zero-order chi connectivity index (χ0) is 16.4. The van der Waals surface area contributed by atoms with Gasteiger partial charge in [0.05, 0.1) is 0 Å². The van der Waals surface area contributed by atoms with Crippen LogP contribution in [0.4, 0.5) is 0 Å². The number of guanidine groups is 1. The fraction of sp³-hybridized carbons (Fsp3) is 0.625. The summed E-state index contributed by atoms with van der Waals surface area (Å²) in [6.07, 6.45) is 0. The Labute approximate surface area is 160 Å². The Hall–Kier alpha value is -0.830. The molecule has 0 fully saturated rings. The van der Waals surface area contributed by atoms with E-state index in [1.165, 1.54) is 5.56 Å². The second-order valence-electron chi connectivity index (χ2n) is 5.55. The number of nitrogens with zero attached hydrogens (tertiary/aromatic N) is 1. The van der Waals surface area contributed by atoms with Gasteiger partial charge < -0.3 is 16.0 Å². The smallest absolute Gasteiger partial charge is 0.222 e. The molecule has 0 aliphatic heterocycles. The lowest BCUT2D eigenvalue weighted by molar-refractivity contribution is -0.123. The van der Waals surface area contributed by atoms with Gasteiger partial charge in [0.1, 0.15) is 0 Å². The summed E-state index contributed by atoms with van der Waals surface area (Å²) in [5.74, 6) is 1.30. The van der Waals surface area contributed by atoms with Crippen molar-refractivity contribution in [2.75, 3.05) is 26.2 Å². The number of nitrogens with one attached hydrogen (secondary N) is 3. The maximum absolute atomic E-state index is 11.5. The fourth-order valence-corrected chi connectivity index (χ4v) is 2.58. The van der Waals surface area contributed by atoms with Gasteiger partial charge in [-0.25, -0.2) is 0 Å². The van der Waals surface area contributed by atoms with Gasteiger partial charge in [0.25, 0.3) is 0 Å². The number of aliphatic imine (C=N–C) groups is 1. The van der Waals surface area contributed by atoms with E-state index in [1.54, 1.807) is 11.3 Å². The summed E-state index contributed by atoms with van der Waals surface area (Å²) in [7, 11) is 0. The van der Waals surface area contributed by atoms with Crippen LogP contribution in [0.1, 0.15) is 39.2 Å². The highest BCUT2D eigenvalue weighted by atomic mass is 127. The van der Waals surface area contributed by atoms with Crippen molar-refractivity contribution in [3.05, 3.63) is 22.4 Å². The Balaban J connectivity index is 0.00000484. The SMILES string of the molecule is CCNC(=NCC(C)c1ccsc1)NCCNC(=O)C(C)C.I. The normalized spacial score (nSPS) is 12.5. The summed E-state index contributed by atoms with van der Waals surface area (Å²) in [6.45, 7) is 10.8. The quantitative estimate of drug-likeness (QED) is 0.246. The van der Waals surface area contributed by atoms with E-state index >= 15 is 0 Å². The Morgan fingerprint density at radius 2 is 1.91 bits per heavy atom. The summed E-state index contributed by atoms with van der Waals surface area (Å²) in [4.78, 5) is 16.1. The van der Waals surface area contributed by atoms with Crippen LogP contribution in [-0.4, -0.2) is 38.0 Å². The van der Waals surface area contributed by atoms with Gasteiger partial charge in [-0.05, 0) is 29.3 Å². The van der Waals surface area contributed by atoms with Gasteiger partial charge in [-0.2, -0.15) is 11.3 Å². The summed E-state index contributed by atoms with van der Waals surface area (Å²) < 4.78 is 0. The standard InChI is InChI=1S/C16H28N4OS.HI/c1-5-17-16(19-8-7-18-15(21)12(2)3)20-10-13(4)14-6-9-22-11-14;/h6,9,11-13H,5,7-8,10H2,1-4H3,(H,18,21)(H2,17,19,20);1H. The molecule has 0 radical (unpaired) electrons. The molecule has 1 aromatic rings. The van der Waals surface area contributed by atoms with Crippen LogP contribution >= 0.6 is 35.3 Å². The third kappa shape index (κ3) is 9.14. The molecule has 0 aromatic carbocycles. The van der Waals surface area contributed by atoms with Crippen molar-refractivity contribution in [2.45, 2.75) is 33.6 Å². The lowest BCUT2D eigenvalue weighted by Gasteiger charge is -2.14. The lowest BCUT2D eigenvalue weighted by Crippen LogP contribution is -2.42. The van der Waals surface area contributed by atoms with E-state index in [9.17, 15) is 4.79 Å². The third-order valence-corrected chi connectivity index (χ3v) is 3.92. The molecule has 132 valence electrons. The first-order valence-electron chi connectivity index (χ1n) is 7.86. The topological polar surface area (TPSA) is 65.5 Å². The second kappa shape index (κ2) is 12.6. The molecule has 0 spiro atoms. The highest BCUT2D eigenvalue weighted by molar-refractivity contribution is 14.0. The minimum absolute atomic E-state index is 0. The lowest BCUT2D eigenvalue weighted by atomic mass is 10.1. The molecule has 1 atom stereocenters. The number of hydrogen-bond donors (Lipinski definition) is 3. The van der Waals surface area contributed by atoms with E-state index < -0.39 is 0 Å². The number of hydrogen-bond acceptors (Lipinski definition) is 3. The van der Waals surface area contributed by atoms with E-state index in [1.807, 2.05) is 20.8 Å². The monoisotopic (exact) mass is 452 g/mol. The zero-order valence-electron chi connectivity index (χ0n) is 14.4. The first-order chi connectivity index (χ1) is 10.5. The fourth-order valence-electron chi connectivity index (χ4n) is 1.80. The molecule has 0 saturated carbocycles. The number of carbonyl (C=O) groups excluding carboxylic acids is 1. The molecular weight excluding hydrogens is 423 g/mol. The van der Waals surface area contributed by atoms with E-state index in [2.05, 4.69) is 44.7 Å². The van der Waals surface area contributed by atoms with E-state index in [-0.39, 0.29) is 35.8 Å². The molecule has 1 rings (SSSR count). The number of rotatable bonds is 8. The average molecular weight is 452 g/mol. The first-order valence-corrected chi connectivity index (χ1v) is 8.80. The van der Waals surface area contributed by atoms with E-state index in [0.717, 1.165) is 19.0 Å². The molecule has 0 bridgehead atoms. The van der Waals surface area contributed by atoms with Gasteiger partial charge >= 0.3 is 0 Å². The van der Waals surface area contributed by atoms with Crippen LogP contribution in [0.2, 0.25) is 0 Å². The summed E-state index contributed by atoms with van der Waals surface area (Å²) in [6, 6.07) is 2.15. The molecule has 1 unspecified atom stereocenters. The van der Waals surface area contributed by atoms with Crippen LogP contribution in [0.15, 0.2) is 21.8 Å². The number of halogens is 1. The molecule has 23 heavy (non-hydrogen) atoms. The van der Waals surface area contributed by atoms with Gasteiger partial charge in [0.2, 0.25) is 5.91 Å². The third-order valence-electron chi connectivity index (χ3n) is 3.22. The Morgan fingerprint density at radius 1 is 1.22 bits per heavy atom. The summed E-state index contributed by atoms with van der Waals surface area (Å²) in [5.41, 5.74) is 1.33. The molecule has 3 N–H and O–H groups in total. The van der Waals surface area contributed by atoms with E-state index in [0.29, 0.717) is 19.0 Å². The van der Waals surface area contributed by atoms with Crippen molar-refractivity contribution in [3.8, 4) is 0 Å². The van der Waals surface area contributed by atoms with Crippen LogP contribution in [0.5, 0.6) is 0 Å². The van der Waals surface area contributed by atoms with Gasteiger partial charge in [-0.1, -0.05) is 20.8 Å². The summed E-state index contributed by atoms with van der Waals surface area (Å²) in [5, 5.41) is 13.6. The van der Waals surface area contributed by atoms with Gasteiger partial charge in [0.15, 0.2) is 5.96 Å². The van der Waals surface area contributed by atoms with Gasteiger partial charge in [-0.15, -0.1) is 24.0 Å². The molecule has 0 aliphatic carbocycles.